The summed E-state index contributed by atoms with van der Waals surface area (Å²) in [6.07, 6.45) is 8.42. The summed E-state index contributed by atoms with van der Waals surface area (Å²) < 4.78 is 0. The van der Waals surface area contributed by atoms with Crippen LogP contribution in [0.4, 0.5) is 5.69 Å². The minimum absolute atomic E-state index is 0.865. The molecule has 0 unspecified atom stereocenters. The average molecular weight is 375 g/mol. The molecule has 2 aromatic rings. The topological polar surface area (TPSA) is 27.8 Å². The van der Waals surface area contributed by atoms with Crippen molar-refractivity contribution in [2.24, 2.45) is 0 Å². The number of nitrogens with one attached hydrogen (secondary N) is 2. The number of aromatic amines is 1. The fourth-order valence-corrected chi connectivity index (χ4v) is 3.10. The Balaban J connectivity index is 1.85. The van der Waals surface area contributed by atoms with Gasteiger partial charge in [-0.05, 0) is 87.3 Å². The lowest BCUT2D eigenvalue weighted by molar-refractivity contribution is 0.723. The molecule has 0 aliphatic heterocycles. The van der Waals surface area contributed by atoms with Crippen LogP contribution in [-0.2, 0) is 0 Å². The first-order valence-corrected chi connectivity index (χ1v) is 10.1. The van der Waals surface area contributed by atoms with Crippen molar-refractivity contribution >= 4 is 17.0 Å². The summed E-state index contributed by atoms with van der Waals surface area (Å²) in [5.74, 6) is 0. The number of allylic oxidation sites excluding steroid dienone is 3. The Morgan fingerprint density at radius 3 is 2.39 bits per heavy atom. The van der Waals surface area contributed by atoms with Gasteiger partial charge in [-0.1, -0.05) is 43.0 Å². The van der Waals surface area contributed by atoms with E-state index in [0.717, 1.165) is 55.6 Å². The van der Waals surface area contributed by atoms with Crippen molar-refractivity contribution < 1.29 is 0 Å². The summed E-state index contributed by atoms with van der Waals surface area (Å²) in [5, 5.41) is 3.43. The molecule has 28 heavy (non-hydrogen) atoms. The molecule has 1 aromatic carbocycles. The standard InChI is InChI=1S/C26H34N2/c1-19(2)13-14-20(3)10-7-8-11-21(4)24-16-15-22(5)26(18-24)28-23(6)25-12-9-17-27-25/h9,12,15-18,27-28H,1,3-4,6-8,10-11,13-14H2,2,5H3. The predicted molar refractivity (Wildman–Crippen MR) is 125 cm³/mol. The van der Waals surface area contributed by atoms with Crippen LogP contribution in [0.15, 0.2) is 74.0 Å². The van der Waals surface area contributed by atoms with Gasteiger partial charge in [-0.2, -0.15) is 0 Å². The lowest BCUT2D eigenvalue weighted by atomic mass is 9.97. The van der Waals surface area contributed by atoms with Crippen LogP contribution in [0.1, 0.15) is 62.3 Å². The normalized spacial score (nSPS) is 10.5. The molecule has 0 bridgehead atoms. The van der Waals surface area contributed by atoms with E-state index in [9.17, 15) is 0 Å². The van der Waals surface area contributed by atoms with E-state index in [1.807, 2.05) is 18.3 Å². The van der Waals surface area contributed by atoms with Gasteiger partial charge >= 0.3 is 0 Å². The van der Waals surface area contributed by atoms with E-state index in [-0.39, 0.29) is 0 Å². The number of anilines is 1. The van der Waals surface area contributed by atoms with Gasteiger partial charge in [-0.25, -0.2) is 0 Å². The van der Waals surface area contributed by atoms with Crippen molar-refractivity contribution in [2.75, 3.05) is 5.32 Å². The first-order chi connectivity index (χ1) is 13.4. The molecule has 2 heteroatoms. The van der Waals surface area contributed by atoms with Gasteiger partial charge < -0.3 is 10.3 Å². The Bertz CT molecular complexity index is 837. The van der Waals surface area contributed by atoms with Crippen LogP contribution in [0.2, 0.25) is 0 Å². The molecule has 148 valence electrons. The molecule has 0 aliphatic carbocycles. The Morgan fingerprint density at radius 1 is 0.964 bits per heavy atom. The third-order valence-electron chi connectivity index (χ3n) is 5.02. The molecule has 0 atom stereocenters. The van der Waals surface area contributed by atoms with Crippen LogP contribution in [-0.4, -0.2) is 4.98 Å². The monoisotopic (exact) mass is 374 g/mol. The van der Waals surface area contributed by atoms with Crippen LogP contribution in [0.5, 0.6) is 0 Å². The molecule has 0 spiro atoms. The predicted octanol–water partition coefficient (Wildman–Crippen LogP) is 7.89. The van der Waals surface area contributed by atoms with Gasteiger partial charge in [0.25, 0.3) is 0 Å². The molecule has 0 saturated carbocycles. The van der Waals surface area contributed by atoms with E-state index in [0.29, 0.717) is 0 Å². The smallest absolute Gasteiger partial charge is 0.0613 e. The largest absolute Gasteiger partial charge is 0.360 e. The quantitative estimate of drug-likeness (QED) is 0.287. The van der Waals surface area contributed by atoms with E-state index < -0.39 is 0 Å². The van der Waals surface area contributed by atoms with E-state index in [4.69, 9.17) is 0 Å². The first-order valence-electron chi connectivity index (χ1n) is 10.1. The van der Waals surface area contributed by atoms with E-state index in [1.165, 1.54) is 27.8 Å². The maximum atomic E-state index is 4.31. The number of hydrogen-bond donors (Lipinski definition) is 2. The fourth-order valence-electron chi connectivity index (χ4n) is 3.10. The van der Waals surface area contributed by atoms with Gasteiger partial charge in [0.05, 0.1) is 11.4 Å². The molecule has 2 rings (SSSR count). The minimum atomic E-state index is 0.865. The lowest BCUT2D eigenvalue weighted by Gasteiger charge is -2.14. The second kappa shape index (κ2) is 10.6. The summed E-state index contributed by atoms with van der Waals surface area (Å²) in [5.41, 5.74) is 9.06. The highest BCUT2D eigenvalue weighted by Crippen LogP contribution is 2.27. The maximum absolute atomic E-state index is 4.31. The van der Waals surface area contributed by atoms with Crippen LogP contribution in [0.3, 0.4) is 0 Å². The van der Waals surface area contributed by atoms with Crippen molar-refractivity contribution in [3.05, 3.63) is 90.8 Å². The Kier molecular flexibility index (Phi) is 8.13. The maximum Gasteiger partial charge on any atom is 0.0613 e. The second-order valence-corrected chi connectivity index (χ2v) is 7.73. The van der Waals surface area contributed by atoms with Crippen LogP contribution >= 0.6 is 0 Å². The molecule has 1 aromatic heterocycles. The van der Waals surface area contributed by atoms with Gasteiger partial charge in [-0.3, -0.25) is 0 Å². The molecule has 2 N–H and O–H groups in total. The minimum Gasteiger partial charge on any atom is -0.360 e. The number of unbranched alkanes of at least 4 members (excludes halogenated alkanes) is 1. The van der Waals surface area contributed by atoms with Crippen molar-refractivity contribution in [1.82, 2.24) is 4.98 Å². The van der Waals surface area contributed by atoms with Gasteiger partial charge in [0.2, 0.25) is 0 Å². The average Bonchev–Trinajstić information content (AvgIpc) is 3.20. The molecule has 0 saturated heterocycles. The van der Waals surface area contributed by atoms with Crippen molar-refractivity contribution in [3.63, 3.8) is 0 Å². The molecule has 0 fully saturated rings. The van der Waals surface area contributed by atoms with Crippen molar-refractivity contribution in [3.8, 4) is 0 Å². The van der Waals surface area contributed by atoms with Crippen LogP contribution < -0.4 is 5.32 Å². The van der Waals surface area contributed by atoms with Gasteiger partial charge in [0, 0.05) is 11.9 Å². The molecule has 1 heterocycles. The first kappa shape index (κ1) is 21.6. The number of hydrogen-bond acceptors (Lipinski definition) is 1. The molecule has 0 amide bonds. The lowest BCUT2D eigenvalue weighted by Crippen LogP contribution is -2.00. The Labute approximate surface area is 170 Å². The molecular formula is C26H34N2. The summed E-state index contributed by atoms with van der Waals surface area (Å²) >= 11 is 0. The highest BCUT2D eigenvalue weighted by Gasteiger charge is 2.07. The molecule has 0 radical (unpaired) electrons. The third kappa shape index (κ3) is 6.77. The van der Waals surface area contributed by atoms with Gasteiger partial charge in [0.1, 0.15) is 0 Å². The SMILES string of the molecule is C=C(C)CCC(=C)CCCCC(=C)c1ccc(C)c(NC(=C)c2ccc[nH]2)c1. The van der Waals surface area contributed by atoms with Crippen LogP contribution in [0.25, 0.3) is 11.3 Å². The summed E-state index contributed by atoms with van der Waals surface area (Å²) in [4.78, 5) is 3.18. The molecule has 2 nitrogen and oxygen atoms in total. The number of aromatic nitrogens is 1. The third-order valence-corrected chi connectivity index (χ3v) is 5.02. The van der Waals surface area contributed by atoms with Crippen molar-refractivity contribution in [2.45, 2.75) is 52.4 Å². The zero-order valence-corrected chi connectivity index (χ0v) is 17.5. The molecular weight excluding hydrogens is 340 g/mol. The number of H-pyrrole nitrogens is 1. The molecule has 0 aliphatic rings. The van der Waals surface area contributed by atoms with E-state index in [1.54, 1.807) is 0 Å². The summed E-state index contributed by atoms with van der Waals surface area (Å²) in [6.45, 7) is 20.8. The van der Waals surface area contributed by atoms with Gasteiger partial charge in [-0.15, -0.1) is 6.58 Å². The highest BCUT2D eigenvalue weighted by atomic mass is 14.9. The summed E-state index contributed by atoms with van der Waals surface area (Å²) in [7, 11) is 0. The van der Waals surface area contributed by atoms with E-state index in [2.05, 4.69) is 68.7 Å². The number of benzene rings is 1. The number of rotatable bonds is 12. The highest BCUT2D eigenvalue weighted by molar-refractivity contribution is 5.77. The zero-order chi connectivity index (χ0) is 20.5. The number of aryl methyl sites for hydroxylation is 1. The Hall–Kier alpha value is -2.74. The zero-order valence-electron chi connectivity index (χ0n) is 17.5. The van der Waals surface area contributed by atoms with E-state index >= 15 is 0 Å². The van der Waals surface area contributed by atoms with Crippen LogP contribution in [0, 0.1) is 6.92 Å². The second-order valence-electron chi connectivity index (χ2n) is 7.73. The Morgan fingerprint density at radius 2 is 1.71 bits per heavy atom. The van der Waals surface area contributed by atoms with Crippen molar-refractivity contribution in [1.29, 1.82) is 0 Å². The van der Waals surface area contributed by atoms with Gasteiger partial charge in [0.15, 0.2) is 0 Å². The summed E-state index contributed by atoms with van der Waals surface area (Å²) in [6, 6.07) is 10.5. The fraction of sp³-hybridized carbons (Fsp3) is 0.308.